The zero-order chi connectivity index (χ0) is 15.0. The highest BCUT2D eigenvalue weighted by atomic mass is 35.5. The van der Waals surface area contributed by atoms with E-state index in [1.54, 1.807) is 31.6 Å². The second-order valence-electron chi connectivity index (χ2n) is 4.67. The van der Waals surface area contributed by atoms with Crippen LogP contribution < -0.4 is 10.5 Å². The number of rotatable bonds is 3. The number of hydrogen-bond acceptors (Lipinski definition) is 3. The fourth-order valence-electron chi connectivity index (χ4n) is 2.40. The highest BCUT2D eigenvalue weighted by molar-refractivity contribution is 6.35. The van der Waals surface area contributed by atoms with Gasteiger partial charge in [0, 0.05) is 21.4 Å². The Labute approximate surface area is 132 Å². The Morgan fingerprint density at radius 1 is 1.19 bits per heavy atom. The van der Waals surface area contributed by atoms with E-state index in [0.29, 0.717) is 21.6 Å². The minimum absolute atomic E-state index is 0.518. The van der Waals surface area contributed by atoms with Gasteiger partial charge in [-0.05, 0) is 24.3 Å². The Hall–Kier alpha value is -1.68. The van der Waals surface area contributed by atoms with E-state index in [9.17, 15) is 0 Å². The van der Waals surface area contributed by atoms with Crippen molar-refractivity contribution >= 4 is 34.0 Å². The Morgan fingerprint density at radius 2 is 2.00 bits per heavy atom. The first-order valence-corrected chi connectivity index (χ1v) is 7.12. The lowest BCUT2D eigenvalue weighted by molar-refractivity contribution is 0.403. The molecule has 1 unspecified atom stereocenters. The molecule has 0 saturated heterocycles. The van der Waals surface area contributed by atoms with Crippen LogP contribution >= 0.6 is 23.2 Å². The fraction of sp³-hybridized carbons (Fsp3) is 0.125. The molecule has 5 heteroatoms. The van der Waals surface area contributed by atoms with Crippen LogP contribution in [0, 0.1) is 0 Å². The number of nitrogens with two attached hydrogens (primary N) is 1. The van der Waals surface area contributed by atoms with Crippen molar-refractivity contribution in [2.45, 2.75) is 6.04 Å². The predicted octanol–water partition coefficient (Wildman–Crippen LogP) is 4.80. The minimum atomic E-state index is -0.518. The lowest BCUT2D eigenvalue weighted by atomic mass is 10.0. The summed E-state index contributed by atoms with van der Waals surface area (Å²) in [6.07, 6.45) is 1.65. The van der Waals surface area contributed by atoms with Gasteiger partial charge >= 0.3 is 0 Å². The normalized spacial score (nSPS) is 12.6. The van der Waals surface area contributed by atoms with Crippen LogP contribution in [0.2, 0.25) is 10.0 Å². The van der Waals surface area contributed by atoms with E-state index in [-0.39, 0.29) is 0 Å². The van der Waals surface area contributed by atoms with Gasteiger partial charge in [0.1, 0.15) is 11.5 Å². The molecule has 1 atom stereocenters. The molecular formula is C16H13Cl2NO2. The SMILES string of the molecule is COc1ccc(Cl)cc1C(N)c1occ2cccc(Cl)c12. The van der Waals surface area contributed by atoms with Gasteiger partial charge in [0.25, 0.3) is 0 Å². The van der Waals surface area contributed by atoms with E-state index < -0.39 is 6.04 Å². The molecule has 108 valence electrons. The Balaban J connectivity index is 2.17. The van der Waals surface area contributed by atoms with Crippen LogP contribution in [0.3, 0.4) is 0 Å². The van der Waals surface area contributed by atoms with Crippen molar-refractivity contribution in [3.05, 3.63) is 64.0 Å². The molecule has 0 aliphatic heterocycles. The molecular weight excluding hydrogens is 309 g/mol. The quantitative estimate of drug-likeness (QED) is 0.754. The number of hydrogen-bond donors (Lipinski definition) is 1. The molecule has 0 amide bonds. The molecule has 21 heavy (non-hydrogen) atoms. The molecule has 0 radical (unpaired) electrons. The standard InChI is InChI=1S/C16H13Cl2NO2/c1-20-13-6-5-10(17)7-11(13)15(19)16-14-9(8-21-16)3-2-4-12(14)18/h2-8,15H,19H2,1H3. The van der Waals surface area contributed by atoms with Gasteiger partial charge in [-0.25, -0.2) is 0 Å². The summed E-state index contributed by atoms with van der Waals surface area (Å²) in [5, 5.41) is 2.92. The van der Waals surface area contributed by atoms with E-state index in [1.807, 2.05) is 18.2 Å². The maximum absolute atomic E-state index is 6.35. The molecule has 0 saturated carbocycles. The predicted molar refractivity (Wildman–Crippen MR) is 85.3 cm³/mol. The molecule has 1 heterocycles. The molecule has 0 aliphatic carbocycles. The maximum Gasteiger partial charge on any atom is 0.134 e. The van der Waals surface area contributed by atoms with E-state index in [0.717, 1.165) is 16.3 Å². The summed E-state index contributed by atoms with van der Waals surface area (Å²) in [6.45, 7) is 0. The molecule has 3 nitrogen and oxygen atoms in total. The second-order valence-corrected chi connectivity index (χ2v) is 5.51. The molecule has 3 rings (SSSR count). The van der Waals surface area contributed by atoms with Gasteiger partial charge < -0.3 is 14.9 Å². The molecule has 0 fully saturated rings. The lowest BCUT2D eigenvalue weighted by Gasteiger charge is -2.15. The second kappa shape index (κ2) is 5.60. The van der Waals surface area contributed by atoms with Crippen molar-refractivity contribution in [1.29, 1.82) is 0 Å². The van der Waals surface area contributed by atoms with Gasteiger partial charge in [0.05, 0.1) is 24.4 Å². The number of furan rings is 1. The first kappa shape index (κ1) is 14.3. The smallest absolute Gasteiger partial charge is 0.134 e. The first-order chi connectivity index (χ1) is 10.1. The fourth-order valence-corrected chi connectivity index (χ4v) is 2.86. The van der Waals surface area contributed by atoms with Crippen LogP contribution in [0.1, 0.15) is 17.4 Å². The largest absolute Gasteiger partial charge is 0.496 e. The van der Waals surface area contributed by atoms with Crippen LogP contribution in [0.5, 0.6) is 5.75 Å². The van der Waals surface area contributed by atoms with Crippen molar-refractivity contribution < 1.29 is 9.15 Å². The average Bonchev–Trinajstić information content (AvgIpc) is 2.92. The van der Waals surface area contributed by atoms with Gasteiger partial charge in [-0.15, -0.1) is 0 Å². The monoisotopic (exact) mass is 321 g/mol. The number of methoxy groups -OCH3 is 1. The van der Waals surface area contributed by atoms with E-state index in [4.69, 9.17) is 38.1 Å². The summed E-state index contributed by atoms with van der Waals surface area (Å²) in [4.78, 5) is 0. The van der Waals surface area contributed by atoms with Crippen molar-refractivity contribution in [2.75, 3.05) is 7.11 Å². The third-order valence-electron chi connectivity index (χ3n) is 3.41. The zero-order valence-corrected chi connectivity index (χ0v) is 12.8. The molecule has 2 N–H and O–H groups in total. The highest BCUT2D eigenvalue weighted by Gasteiger charge is 2.21. The van der Waals surface area contributed by atoms with Crippen molar-refractivity contribution in [2.24, 2.45) is 5.73 Å². The molecule has 2 aromatic carbocycles. The van der Waals surface area contributed by atoms with Gasteiger partial charge in [-0.2, -0.15) is 0 Å². The van der Waals surface area contributed by atoms with Crippen LogP contribution in [0.25, 0.3) is 10.8 Å². The zero-order valence-electron chi connectivity index (χ0n) is 11.3. The van der Waals surface area contributed by atoms with Crippen LogP contribution in [0.4, 0.5) is 0 Å². The van der Waals surface area contributed by atoms with Crippen LogP contribution in [0.15, 0.2) is 47.1 Å². The highest BCUT2D eigenvalue weighted by Crippen LogP contribution is 2.37. The summed E-state index contributed by atoms with van der Waals surface area (Å²) >= 11 is 12.3. The summed E-state index contributed by atoms with van der Waals surface area (Å²) in [5.41, 5.74) is 7.10. The molecule has 1 aromatic heterocycles. The van der Waals surface area contributed by atoms with E-state index >= 15 is 0 Å². The number of benzene rings is 2. The molecule has 0 aliphatic rings. The topological polar surface area (TPSA) is 48.4 Å². The summed E-state index contributed by atoms with van der Waals surface area (Å²) in [5.74, 6) is 1.25. The molecule has 0 bridgehead atoms. The summed E-state index contributed by atoms with van der Waals surface area (Å²) < 4.78 is 11.0. The van der Waals surface area contributed by atoms with Crippen molar-refractivity contribution in [1.82, 2.24) is 0 Å². The van der Waals surface area contributed by atoms with Gasteiger partial charge in [0.2, 0.25) is 0 Å². The van der Waals surface area contributed by atoms with E-state index in [1.165, 1.54) is 0 Å². The third kappa shape index (κ3) is 2.48. The maximum atomic E-state index is 6.35. The Bertz CT molecular complexity index is 798. The molecule has 0 spiro atoms. The molecule has 3 aromatic rings. The first-order valence-electron chi connectivity index (χ1n) is 6.36. The minimum Gasteiger partial charge on any atom is -0.496 e. The van der Waals surface area contributed by atoms with Crippen LogP contribution in [-0.2, 0) is 0 Å². The lowest BCUT2D eigenvalue weighted by Crippen LogP contribution is -2.12. The summed E-state index contributed by atoms with van der Waals surface area (Å²) in [6, 6.07) is 10.4. The van der Waals surface area contributed by atoms with Crippen molar-refractivity contribution in [3.63, 3.8) is 0 Å². The van der Waals surface area contributed by atoms with Gasteiger partial charge in [0.15, 0.2) is 0 Å². The van der Waals surface area contributed by atoms with Gasteiger partial charge in [-0.1, -0.05) is 35.3 Å². The number of fused-ring (bicyclic) bond motifs is 1. The average molecular weight is 322 g/mol. The third-order valence-corrected chi connectivity index (χ3v) is 3.96. The number of ether oxygens (including phenoxy) is 1. The Morgan fingerprint density at radius 3 is 2.76 bits per heavy atom. The Kier molecular flexibility index (Phi) is 3.81. The number of halogens is 2. The van der Waals surface area contributed by atoms with Gasteiger partial charge in [-0.3, -0.25) is 0 Å². The van der Waals surface area contributed by atoms with E-state index in [2.05, 4.69) is 0 Å². The van der Waals surface area contributed by atoms with Crippen LogP contribution in [-0.4, -0.2) is 7.11 Å². The van der Waals surface area contributed by atoms with Crippen molar-refractivity contribution in [3.8, 4) is 5.75 Å². The summed E-state index contributed by atoms with van der Waals surface area (Å²) in [7, 11) is 1.59.